The van der Waals surface area contributed by atoms with E-state index in [0.29, 0.717) is 12.1 Å². The van der Waals surface area contributed by atoms with Crippen molar-refractivity contribution < 1.29 is 0 Å². The molecular weight excluding hydrogens is 210 g/mol. The highest BCUT2D eigenvalue weighted by atomic mass is 32.2. The maximum atomic E-state index is 3.70. The van der Waals surface area contributed by atoms with Gasteiger partial charge in [0, 0.05) is 28.0 Å². The first-order valence-electron chi connectivity index (χ1n) is 5.17. The molecule has 1 nitrogen and oxygen atoms in total. The summed E-state index contributed by atoms with van der Waals surface area (Å²) < 4.78 is 0. The van der Waals surface area contributed by atoms with Crippen molar-refractivity contribution in [1.82, 2.24) is 5.32 Å². The first kappa shape index (κ1) is 10.5. The number of hydrogen-bond acceptors (Lipinski definition) is 3. The van der Waals surface area contributed by atoms with Crippen molar-refractivity contribution in [2.24, 2.45) is 0 Å². The van der Waals surface area contributed by atoms with E-state index in [0.717, 1.165) is 5.25 Å². The summed E-state index contributed by atoms with van der Waals surface area (Å²) in [4.78, 5) is 1.45. The van der Waals surface area contributed by atoms with Crippen LogP contribution in [0.3, 0.4) is 0 Å². The largest absolute Gasteiger partial charge is 0.306 e. The molecule has 1 aliphatic heterocycles. The van der Waals surface area contributed by atoms with Crippen LogP contribution in [-0.4, -0.2) is 17.0 Å². The molecule has 1 aliphatic rings. The van der Waals surface area contributed by atoms with E-state index in [9.17, 15) is 0 Å². The fourth-order valence-corrected chi connectivity index (χ4v) is 3.81. The second kappa shape index (κ2) is 4.69. The normalized spacial score (nSPS) is 29.3. The van der Waals surface area contributed by atoms with Gasteiger partial charge in [-0.2, -0.15) is 11.8 Å². The van der Waals surface area contributed by atoms with Gasteiger partial charge in [-0.3, -0.25) is 0 Å². The molecule has 0 radical (unpaired) electrons. The third kappa shape index (κ3) is 2.53. The van der Waals surface area contributed by atoms with Crippen LogP contribution < -0.4 is 5.32 Å². The van der Waals surface area contributed by atoms with Gasteiger partial charge in [-0.05, 0) is 24.8 Å². The molecule has 1 aromatic rings. The molecule has 14 heavy (non-hydrogen) atoms. The average Bonchev–Trinajstić information content (AvgIpc) is 2.75. The highest BCUT2D eigenvalue weighted by molar-refractivity contribution is 8.00. The van der Waals surface area contributed by atoms with Crippen molar-refractivity contribution in [2.45, 2.75) is 37.6 Å². The number of hydrogen-bond donors (Lipinski definition) is 1. The Morgan fingerprint density at radius 3 is 3.00 bits per heavy atom. The van der Waals surface area contributed by atoms with Gasteiger partial charge >= 0.3 is 0 Å². The molecule has 3 heteroatoms. The lowest BCUT2D eigenvalue weighted by atomic mass is 10.1. The summed E-state index contributed by atoms with van der Waals surface area (Å²) in [5.41, 5.74) is 0. The van der Waals surface area contributed by atoms with Crippen LogP contribution in [0.1, 0.15) is 31.2 Å². The van der Waals surface area contributed by atoms with Gasteiger partial charge in [0.05, 0.1) is 0 Å². The highest BCUT2D eigenvalue weighted by Crippen LogP contribution is 2.28. The van der Waals surface area contributed by atoms with Gasteiger partial charge in [0.1, 0.15) is 0 Å². The zero-order chi connectivity index (χ0) is 9.97. The number of thiophene rings is 1. The van der Waals surface area contributed by atoms with Crippen LogP contribution in [-0.2, 0) is 0 Å². The van der Waals surface area contributed by atoms with Crippen LogP contribution in [0, 0.1) is 0 Å². The summed E-state index contributed by atoms with van der Waals surface area (Å²) in [6, 6.07) is 5.58. The molecule has 0 aliphatic carbocycles. The Labute approximate surface area is 94.3 Å². The Bertz CT molecular complexity index is 271. The van der Waals surface area contributed by atoms with Crippen molar-refractivity contribution >= 4 is 23.1 Å². The summed E-state index contributed by atoms with van der Waals surface area (Å²) in [5.74, 6) is 1.27. The van der Waals surface area contributed by atoms with E-state index in [1.54, 1.807) is 0 Å². The van der Waals surface area contributed by atoms with E-state index >= 15 is 0 Å². The summed E-state index contributed by atoms with van der Waals surface area (Å²) in [6.07, 6.45) is 1.32. The number of rotatable bonds is 3. The maximum absolute atomic E-state index is 3.70. The highest BCUT2D eigenvalue weighted by Gasteiger charge is 2.23. The smallest absolute Gasteiger partial charge is 0.0388 e. The third-order valence-corrected chi connectivity index (χ3v) is 5.07. The van der Waals surface area contributed by atoms with Crippen LogP contribution in [0.5, 0.6) is 0 Å². The Balaban J connectivity index is 1.86. The van der Waals surface area contributed by atoms with Gasteiger partial charge in [-0.15, -0.1) is 11.3 Å². The Morgan fingerprint density at radius 1 is 1.57 bits per heavy atom. The van der Waals surface area contributed by atoms with Crippen LogP contribution >= 0.6 is 23.1 Å². The van der Waals surface area contributed by atoms with Gasteiger partial charge in [0.25, 0.3) is 0 Å². The molecule has 0 saturated carbocycles. The van der Waals surface area contributed by atoms with E-state index < -0.39 is 0 Å². The fraction of sp³-hybridized carbons (Fsp3) is 0.636. The van der Waals surface area contributed by atoms with E-state index in [-0.39, 0.29) is 0 Å². The molecule has 0 bridgehead atoms. The molecule has 1 saturated heterocycles. The van der Waals surface area contributed by atoms with Gasteiger partial charge < -0.3 is 5.32 Å². The average molecular weight is 227 g/mol. The van der Waals surface area contributed by atoms with Gasteiger partial charge in [-0.25, -0.2) is 0 Å². The van der Waals surface area contributed by atoms with Crippen LogP contribution in [0.4, 0.5) is 0 Å². The van der Waals surface area contributed by atoms with E-state index in [1.807, 2.05) is 11.3 Å². The molecule has 1 aromatic heterocycles. The zero-order valence-corrected chi connectivity index (χ0v) is 10.3. The number of thioether (sulfide) groups is 1. The quantitative estimate of drug-likeness (QED) is 0.850. The molecule has 1 N–H and O–H groups in total. The maximum Gasteiger partial charge on any atom is 0.0388 e. The zero-order valence-electron chi connectivity index (χ0n) is 8.69. The van der Waals surface area contributed by atoms with Crippen LogP contribution in [0.25, 0.3) is 0 Å². The molecule has 0 amide bonds. The van der Waals surface area contributed by atoms with E-state index in [4.69, 9.17) is 0 Å². The lowest BCUT2D eigenvalue weighted by Crippen LogP contribution is -2.31. The van der Waals surface area contributed by atoms with Crippen molar-refractivity contribution in [3.05, 3.63) is 22.4 Å². The second-order valence-corrected chi connectivity index (χ2v) is 6.43. The minimum Gasteiger partial charge on any atom is -0.306 e. The van der Waals surface area contributed by atoms with E-state index in [2.05, 4.69) is 48.4 Å². The molecule has 1 fully saturated rings. The number of nitrogens with one attached hydrogen (secondary N) is 1. The summed E-state index contributed by atoms with van der Waals surface area (Å²) in [7, 11) is 0. The molecule has 2 rings (SSSR count). The van der Waals surface area contributed by atoms with Gasteiger partial charge in [-0.1, -0.05) is 13.0 Å². The Morgan fingerprint density at radius 2 is 2.43 bits per heavy atom. The first-order chi connectivity index (χ1) is 6.75. The molecule has 0 spiro atoms. The summed E-state index contributed by atoms with van der Waals surface area (Å²) >= 11 is 3.93. The molecule has 3 atom stereocenters. The second-order valence-electron chi connectivity index (χ2n) is 3.98. The standard InChI is InChI=1S/C11H17NS2/c1-8-6-10(7-14-8)12-9(2)11-4-3-5-13-11/h3-5,8-10,12H,6-7H2,1-2H3/t8?,9-,10?/m1/s1. The monoisotopic (exact) mass is 227 g/mol. The summed E-state index contributed by atoms with van der Waals surface area (Å²) in [6.45, 7) is 4.58. The molecule has 2 unspecified atom stereocenters. The minimum absolute atomic E-state index is 0.519. The predicted octanol–water partition coefficient (Wildman–Crippen LogP) is 3.29. The Hall–Kier alpha value is 0.01000. The molecule has 78 valence electrons. The van der Waals surface area contributed by atoms with Crippen LogP contribution in [0.2, 0.25) is 0 Å². The predicted molar refractivity (Wildman–Crippen MR) is 66.2 cm³/mol. The van der Waals surface area contributed by atoms with Crippen LogP contribution in [0.15, 0.2) is 17.5 Å². The SMILES string of the molecule is CC1CC(N[C@H](C)c2cccs2)CS1. The lowest BCUT2D eigenvalue weighted by molar-refractivity contribution is 0.479. The van der Waals surface area contributed by atoms with Crippen molar-refractivity contribution in [3.63, 3.8) is 0 Å². The van der Waals surface area contributed by atoms with Crippen molar-refractivity contribution in [1.29, 1.82) is 0 Å². The molecule has 2 heterocycles. The Kier molecular flexibility index (Phi) is 3.52. The van der Waals surface area contributed by atoms with Crippen molar-refractivity contribution in [3.8, 4) is 0 Å². The van der Waals surface area contributed by atoms with Gasteiger partial charge in [0.2, 0.25) is 0 Å². The minimum atomic E-state index is 0.519. The topological polar surface area (TPSA) is 12.0 Å². The summed E-state index contributed by atoms with van der Waals surface area (Å²) in [5, 5.41) is 6.69. The van der Waals surface area contributed by atoms with Crippen molar-refractivity contribution in [2.75, 3.05) is 5.75 Å². The lowest BCUT2D eigenvalue weighted by Gasteiger charge is -2.17. The molecular formula is C11H17NS2. The third-order valence-electron chi connectivity index (χ3n) is 2.65. The fourth-order valence-electron chi connectivity index (χ4n) is 1.91. The van der Waals surface area contributed by atoms with Gasteiger partial charge in [0.15, 0.2) is 0 Å². The molecule has 0 aromatic carbocycles. The first-order valence-corrected chi connectivity index (χ1v) is 7.09. The van der Waals surface area contributed by atoms with E-state index in [1.165, 1.54) is 17.1 Å².